The highest BCUT2D eigenvalue weighted by atomic mass is 32.1. The predicted molar refractivity (Wildman–Crippen MR) is 216 cm³/mol. The van der Waals surface area contributed by atoms with Gasteiger partial charge in [0.1, 0.15) is 11.6 Å². The van der Waals surface area contributed by atoms with Gasteiger partial charge < -0.3 is 37.4 Å². The Bertz CT molecular complexity index is 2010. The first-order chi connectivity index (χ1) is 26.1. The number of halogens is 1. The van der Waals surface area contributed by atoms with E-state index in [1.165, 1.54) is 0 Å². The minimum Gasteiger partial charge on any atom is -0.481 e. The number of nitrogens with two attached hydrogens (primary N) is 2. The number of nitrogens with zero attached hydrogens (tertiary/aromatic N) is 5. The van der Waals surface area contributed by atoms with Gasteiger partial charge in [-0.05, 0) is 37.7 Å². The second kappa shape index (κ2) is 21.9. The van der Waals surface area contributed by atoms with Crippen molar-refractivity contribution >= 4 is 78.0 Å². The first kappa shape index (κ1) is 40.4. The molecule has 6 heterocycles. The van der Waals surface area contributed by atoms with Crippen LogP contribution in [0.3, 0.4) is 0 Å². The summed E-state index contributed by atoms with van der Waals surface area (Å²) in [7, 11) is -1.00. The number of alkyl halides is 1. The Morgan fingerprint density at radius 3 is 1.74 bits per heavy atom. The molecule has 6 rings (SSSR count). The summed E-state index contributed by atoms with van der Waals surface area (Å²) < 4.78 is 17.7. The molecular weight excluding hydrogens is 720 g/mol. The van der Waals surface area contributed by atoms with E-state index in [4.69, 9.17) is 17.9 Å². The Balaban J connectivity index is 0.000000245. The largest absolute Gasteiger partial charge is 0.481 e. The number of anilines is 4. The van der Waals surface area contributed by atoms with E-state index in [0.717, 1.165) is 72.6 Å². The van der Waals surface area contributed by atoms with E-state index in [9.17, 15) is 14.0 Å². The van der Waals surface area contributed by atoms with Crippen LogP contribution >= 0.6 is 22.7 Å². The summed E-state index contributed by atoms with van der Waals surface area (Å²) >= 11 is 3.32. The molecule has 0 bridgehead atoms. The molecule has 0 unspecified atom stereocenters. The number of likely N-dealkylation sites (N-methyl/N-ethyl adjacent to an activating group) is 2. The van der Waals surface area contributed by atoms with Gasteiger partial charge in [0.15, 0.2) is 0 Å². The monoisotopic (exact) mass is 769 g/mol. The van der Waals surface area contributed by atoms with E-state index in [0.29, 0.717) is 37.7 Å². The van der Waals surface area contributed by atoms with Crippen LogP contribution in [0, 0.1) is 0 Å². The van der Waals surface area contributed by atoms with Crippen LogP contribution in [-0.2, 0) is 9.59 Å². The molecule has 286 valence electrons. The maximum absolute atomic E-state index is 11.8. The Labute approximate surface area is 317 Å². The van der Waals surface area contributed by atoms with E-state index >= 15 is 0 Å². The van der Waals surface area contributed by atoms with Crippen LogP contribution in [0.5, 0.6) is 0 Å². The molecule has 0 aromatic carbocycles. The maximum Gasteiger partial charge on any atom is 0.303 e. The van der Waals surface area contributed by atoms with Crippen molar-refractivity contribution in [3.05, 3.63) is 48.8 Å². The molecule has 0 fully saturated rings. The molecule has 0 spiro atoms. The molecule has 0 saturated carbocycles. The number of hydrogen-bond donors (Lipinski definition) is 8. The third-order valence-corrected chi connectivity index (χ3v) is 9.82. The van der Waals surface area contributed by atoms with E-state index in [1.807, 2.05) is 55.1 Å². The Morgan fingerprint density at radius 1 is 0.849 bits per heavy atom. The van der Waals surface area contributed by atoms with Gasteiger partial charge in [-0.25, -0.2) is 9.97 Å². The lowest BCUT2D eigenvalue weighted by molar-refractivity contribution is -0.136. The maximum atomic E-state index is 11.8. The molecule has 0 atom stereocenters. The van der Waals surface area contributed by atoms with Gasteiger partial charge in [0.05, 0.1) is 61.5 Å². The zero-order valence-corrected chi connectivity index (χ0v) is 32.0. The number of carbonyl (C=O) groups excluding carboxylic acids is 1. The SMILES string of the molecule is CCC(=O)N(CC)CCNc1cc(N)nc2cc(-c3ccn[nH]3)sc12.CCC(=O)O.CCNCCNc1cc(N)nc2cc(-c3ccn[nH]3)sc12.[2H]CF. The minimum absolute atomic E-state index is 0.168. The van der Waals surface area contributed by atoms with Crippen LogP contribution in [-0.4, -0.2) is 98.7 Å². The average Bonchev–Trinajstić information content (AvgIpc) is 3.99. The van der Waals surface area contributed by atoms with Crippen LogP contribution in [0.4, 0.5) is 27.4 Å². The van der Waals surface area contributed by atoms with Crippen molar-refractivity contribution in [3.8, 4) is 21.1 Å². The molecule has 15 nitrogen and oxygen atoms in total. The van der Waals surface area contributed by atoms with Gasteiger partial charge in [-0.3, -0.25) is 24.2 Å². The van der Waals surface area contributed by atoms with Gasteiger partial charge in [-0.15, -0.1) is 22.7 Å². The highest BCUT2D eigenvalue weighted by Gasteiger charge is 2.14. The second-order valence-corrected chi connectivity index (χ2v) is 13.2. The third kappa shape index (κ3) is 12.4. The standard InChI is InChI=1S/C17H22N6OS.C14H18N6S.C3H6O2.CH3F/c1-3-16(24)23(4-2)8-7-19-12-10-15(18)21-13-9-14(25-17(12)13)11-5-6-20-22-11;1-2-16-5-6-17-10-8-13(15)19-11-7-12(21-14(10)11)9-3-4-18-20-9;1-2-3(4)5;1-2/h5-6,9-10H,3-4,7-8H2,1-2H3,(H,20,22)(H3,18,19,21);3-4,7-8,16H,2,5-6H2,1H3,(H,18,20)(H3,15,17,19);2H2,1H3,(H,4,5);1H3/i;;;1D. The van der Waals surface area contributed by atoms with Gasteiger partial charge in [0.2, 0.25) is 5.91 Å². The first-order valence-electron chi connectivity index (χ1n) is 17.7. The molecule has 0 saturated heterocycles. The van der Waals surface area contributed by atoms with Gasteiger partial charge in [-0.1, -0.05) is 20.8 Å². The molecule has 0 aliphatic heterocycles. The van der Waals surface area contributed by atoms with Crippen LogP contribution in [0.2, 0.25) is 0 Å². The number of aromatic nitrogens is 6. The van der Waals surface area contributed by atoms with Crippen molar-refractivity contribution in [2.45, 2.75) is 40.5 Å². The molecular formula is C35H49FN12O3S2. The predicted octanol–water partition coefficient (Wildman–Crippen LogP) is 6.30. The molecule has 6 aromatic heterocycles. The van der Waals surface area contributed by atoms with Gasteiger partial charge in [0.25, 0.3) is 0 Å². The number of rotatable bonds is 14. The van der Waals surface area contributed by atoms with Crippen LogP contribution in [0.25, 0.3) is 41.6 Å². The number of nitrogen functional groups attached to an aromatic ring is 2. The summed E-state index contributed by atoms with van der Waals surface area (Å²) in [6.07, 6.45) is 4.22. The number of carbonyl (C=O) groups is 2. The van der Waals surface area contributed by atoms with Crippen molar-refractivity contribution in [2.24, 2.45) is 0 Å². The number of hydrogen-bond acceptors (Lipinski definition) is 13. The summed E-state index contributed by atoms with van der Waals surface area (Å²) in [6, 6.07) is 11.7. The quantitative estimate of drug-likeness (QED) is 0.0572. The number of aromatic amines is 2. The topological polar surface area (TPSA) is 229 Å². The fourth-order valence-corrected chi connectivity index (χ4v) is 7.00. The number of aliphatic carboxylic acids is 1. The second-order valence-electron chi connectivity index (χ2n) is 11.1. The number of pyridine rings is 2. The number of H-pyrrole nitrogens is 2. The van der Waals surface area contributed by atoms with E-state index in [1.54, 1.807) is 42.0 Å². The summed E-state index contributed by atoms with van der Waals surface area (Å²) in [4.78, 5) is 34.1. The lowest BCUT2D eigenvalue weighted by Gasteiger charge is -2.20. The average molecular weight is 770 g/mol. The number of thiophene rings is 2. The summed E-state index contributed by atoms with van der Waals surface area (Å²) in [6.45, 7) is 12.3. The number of carboxylic acid groups (broad SMARTS) is 1. The third-order valence-electron chi connectivity index (χ3n) is 7.43. The van der Waals surface area contributed by atoms with Gasteiger partial charge in [0, 0.05) is 70.1 Å². The molecule has 0 radical (unpaired) electrons. The van der Waals surface area contributed by atoms with Crippen LogP contribution in [0.1, 0.15) is 41.9 Å². The number of amides is 1. The molecule has 1 amide bonds. The van der Waals surface area contributed by atoms with Crippen LogP contribution < -0.4 is 27.4 Å². The number of carboxylic acids is 1. The van der Waals surface area contributed by atoms with E-state index < -0.39 is 13.1 Å². The molecule has 0 aliphatic carbocycles. The van der Waals surface area contributed by atoms with Crippen molar-refractivity contribution in [3.63, 3.8) is 0 Å². The zero-order chi connectivity index (χ0) is 39.5. The van der Waals surface area contributed by atoms with E-state index in [2.05, 4.69) is 53.2 Å². The Hall–Kier alpha value is -5.33. The Morgan fingerprint density at radius 2 is 1.34 bits per heavy atom. The molecule has 53 heavy (non-hydrogen) atoms. The fourth-order valence-electron chi connectivity index (χ4n) is 4.87. The smallest absolute Gasteiger partial charge is 0.303 e. The number of fused-ring (bicyclic) bond motifs is 2. The summed E-state index contributed by atoms with van der Waals surface area (Å²) in [5, 5.41) is 31.8. The fraction of sp³-hybridized carbons (Fsp3) is 0.371. The summed E-state index contributed by atoms with van der Waals surface area (Å²) in [5.74, 6) is 0.426. The normalized spacial score (nSPS) is 10.6. The lowest BCUT2D eigenvalue weighted by Crippen LogP contribution is -2.34. The molecule has 0 aliphatic rings. The molecule has 6 aromatic rings. The first-order valence-corrected chi connectivity index (χ1v) is 18.6. The molecule has 18 heteroatoms. The minimum atomic E-state index is -1.00. The summed E-state index contributed by atoms with van der Waals surface area (Å²) in [5.41, 5.74) is 17.5. The van der Waals surface area contributed by atoms with Gasteiger partial charge >= 0.3 is 5.97 Å². The van der Waals surface area contributed by atoms with Gasteiger partial charge in [-0.2, -0.15) is 10.2 Å². The zero-order valence-electron chi connectivity index (χ0n) is 31.3. The van der Waals surface area contributed by atoms with E-state index in [-0.39, 0.29) is 12.3 Å². The highest BCUT2D eigenvalue weighted by Crippen LogP contribution is 2.38. The number of nitrogens with one attached hydrogen (secondary N) is 5. The lowest BCUT2D eigenvalue weighted by atomic mass is 10.3. The molecule has 10 N–H and O–H groups in total. The highest BCUT2D eigenvalue weighted by molar-refractivity contribution is 7.23. The van der Waals surface area contributed by atoms with Crippen molar-refractivity contribution in [1.29, 1.82) is 0 Å². The van der Waals surface area contributed by atoms with Crippen molar-refractivity contribution in [1.82, 2.24) is 40.6 Å². The Kier molecular flexibility index (Phi) is 16.7. The van der Waals surface area contributed by atoms with Crippen molar-refractivity contribution < 1.29 is 20.5 Å². The van der Waals surface area contributed by atoms with Crippen molar-refractivity contribution in [2.75, 3.05) is 68.5 Å². The van der Waals surface area contributed by atoms with Crippen LogP contribution in [0.15, 0.2) is 48.8 Å².